The summed E-state index contributed by atoms with van der Waals surface area (Å²) in [6, 6.07) is 1.79. The molecular weight excluding hydrogens is 246 g/mol. The molecule has 96 valence electrons. The number of aryl methyl sites for hydroxylation is 1. The van der Waals surface area contributed by atoms with Gasteiger partial charge in [0.1, 0.15) is 5.76 Å². The van der Waals surface area contributed by atoms with Gasteiger partial charge in [0.25, 0.3) is 0 Å². The topological polar surface area (TPSA) is 62.9 Å². The number of morpholine rings is 1. The zero-order valence-electron chi connectivity index (χ0n) is 9.64. The molecule has 0 aromatic carbocycles. The van der Waals surface area contributed by atoms with E-state index in [9.17, 15) is 4.79 Å². The van der Waals surface area contributed by atoms with E-state index in [-0.39, 0.29) is 18.2 Å². The van der Waals surface area contributed by atoms with E-state index in [0.29, 0.717) is 17.9 Å². The van der Waals surface area contributed by atoms with E-state index < -0.39 is 5.97 Å². The zero-order valence-corrected chi connectivity index (χ0v) is 10.5. The van der Waals surface area contributed by atoms with Crippen molar-refractivity contribution in [3.63, 3.8) is 0 Å². The summed E-state index contributed by atoms with van der Waals surface area (Å²) in [5, 5.41) is 8.86. The van der Waals surface area contributed by atoms with Crippen LogP contribution in [0.4, 0.5) is 0 Å². The predicted molar refractivity (Wildman–Crippen MR) is 63.7 cm³/mol. The molecule has 5 nitrogen and oxygen atoms in total. The van der Waals surface area contributed by atoms with Crippen LogP contribution in [0.2, 0.25) is 0 Å². The van der Waals surface area contributed by atoms with Crippen molar-refractivity contribution in [2.24, 2.45) is 0 Å². The van der Waals surface area contributed by atoms with E-state index >= 15 is 0 Å². The van der Waals surface area contributed by atoms with Crippen LogP contribution in [0, 0.1) is 6.92 Å². The summed E-state index contributed by atoms with van der Waals surface area (Å²) in [5.74, 6) is -0.259. The van der Waals surface area contributed by atoms with Gasteiger partial charge in [-0.05, 0) is 13.0 Å². The van der Waals surface area contributed by atoms with Crippen LogP contribution in [0.25, 0.3) is 0 Å². The largest absolute Gasteiger partial charge is 0.475 e. The summed E-state index contributed by atoms with van der Waals surface area (Å²) in [7, 11) is 0. The number of halogens is 1. The van der Waals surface area contributed by atoms with Gasteiger partial charge in [-0.25, -0.2) is 4.79 Å². The summed E-state index contributed by atoms with van der Waals surface area (Å²) < 4.78 is 10.5. The number of hydrogen-bond acceptors (Lipinski definition) is 4. The molecule has 1 aromatic heterocycles. The molecule has 0 spiro atoms. The van der Waals surface area contributed by atoms with E-state index in [4.69, 9.17) is 14.3 Å². The summed E-state index contributed by atoms with van der Waals surface area (Å²) in [6.07, 6.45) is 0. The first-order valence-electron chi connectivity index (χ1n) is 5.29. The number of ether oxygens (including phenoxy) is 1. The Hall–Kier alpha value is -1.04. The maximum Gasteiger partial charge on any atom is 0.372 e. The number of hydrogen-bond donors (Lipinski definition) is 1. The highest BCUT2D eigenvalue weighted by Crippen LogP contribution is 2.16. The maximum absolute atomic E-state index is 10.8. The lowest BCUT2D eigenvalue weighted by atomic mass is 10.2. The lowest BCUT2D eigenvalue weighted by Gasteiger charge is -2.25. The highest BCUT2D eigenvalue weighted by molar-refractivity contribution is 5.86. The molecule has 1 aliphatic heterocycles. The third-order valence-electron chi connectivity index (χ3n) is 2.65. The molecule has 0 bridgehead atoms. The molecule has 6 heteroatoms. The van der Waals surface area contributed by atoms with E-state index in [0.717, 1.165) is 26.3 Å². The van der Waals surface area contributed by atoms with Crippen molar-refractivity contribution in [2.45, 2.75) is 13.5 Å². The van der Waals surface area contributed by atoms with Crippen LogP contribution >= 0.6 is 12.4 Å². The van der Waals surface area contributed by atoms with Gasteiger partial charge in [0.05, 0.1) is 19.8 Å². The monoisotopic (exact) mass is 261 g/mol. The number of nitrogens with zero attached hydrogens (tertiary/aromatic N) is 1. The molecule has 17 heavy (non-hydrogen) atoms. The zero-order chi connectivity index (χ0) is 11.5. The third-order valence-corrected chi connectivity index (χ3v) is 2.65. The first-order valence-corrected chi connectivity index (χ1v) is 5.29. The summed E-state index contributed by atoms with van der Waals surface area (Å²) in [4.78, 5) is 13.0. The van der Waals surface area contributed by atoms with Crippen LogP contribution in [-0.2, 0) is 11.3 Å². The highest BCUT2D eigenvalue weighted by Gasteiger charge is 2.17. The first kappa shape index (κ1) is 14.0. The van der Waals surface area contributed by atoms with Crippen molar-refractivity contribution in [3.8, 4) is 0 Å². The van der Waals surface area contributed by atoms with Crippen molar-refractivity contribution in [2.75, 3.05) is 26.3 Å². The van der Waals surface area contributed by atoms with Crippen LogP contribution in [-0.4, -0.2) is 42.3 Å². The van der Waals surface area contributed by atoms with Crippen molar-refractivity contribution in [1.82, 2.24) is 4.90 Å². The molecule has 1 fully saturated rings. The fraction of sp³-hybridized carbons (Fsp3) is 0.545. The van der Waals surface area contributed by atoms with Gasteiger partial charge in [0.2, 0.25) is 5.76 Å². The molecule has 1 saturated heterocycles. The molecule has 1 N–H and O–H groups in total. The number of carboxylic acid groups (broad SMARTS) is 1. The number of carboxylic acids is 1. The fourth-order valence-electron chi connectivity index (χ4n) is 1.82. The Balaban J connectivity index is 0.00000144. The Morgan fingerprint density at radius 1 is 1.47 bits per heavy atom. The minimum Gasteiger partial charge on any atom is -0.475 e. The summed E-state index contributed by atoms with van der Waals surface area (Å²) >= 11 is 0. The second kappa shape index (κ2) is 6.05. The van der Waals surface area contributed by atoms with Gasteiger partial charge in [-0.1, -0.05) is 0 Å². The molecule has 1 aromatic rings. The molecule has 0 amide bonds. The van der Waals surface area contributed by atoms with Crippen LogP contribution < -0.4 is 0 Å². The van der Waals surface area contributed by atoms with Gasteiger partial charge >= 0.3 is 5.97 Å². The van der Waals surface area contributed by atoms with Gasteiger partial charge in [-0.2, -0.15) is 0 Å². The van der Waals surface area contributed by atoms with E-state index in [1.165, 1.54) is 0 Å². The maximum atomic E-state index is 10.8. The molecule has 2 rings (SSSR count). The van der Waals surface area contributed by atoms with E-state index in [1.54, 1.807) is 13.0 Å². The number of rotatable bonds is 3. The molecule has 0 atom stereocenters. The van der Waals surface area contributed by atoms with Crippen molar-refractivity contribution < 1.29 is 19.1 Å². The molecule has 1 aliphatic rings. The Kier molecular flexibility index (Phi) is 4.99. The number of furan rings is 1. The minimum absolute atomic E-state index is 0. The lowest BCUT2D eigenvalue weighted by molar-refractivity contribution is 0.0309. The number of aromatic carboxylic acids is 1. The summed E-state index contributed by atoms with van der Waals surface area (Å²) in [5.41, 5.74) is 0.677. The molecule has 0 radical (unpaired) electrons. The Bertz CT molecular complexity index is 385. The molecular formula is C11H16ClNO4. The molecule has 2 heterocycles. The average Bonchev–Trinajstić information content (AvgIpc) is 2.61. The minimum atomic E-state index is -1.01. The second-order valence-corrected chi connectivity index (χ2v) is 3.92. The predicted octanol–water partition coefficient (Wildman–Crippen LogP) is 1.54. The summed E-state index contributed by atoms with van der Waals surface area (Å²) in [6.45, 7) is 5.58. The SMILES string of the molecule is Cc1cc(CN2CCOCC2)oc1C(=O)O.Cl. The van der Waals surface area contributed by atoms with Crippen molar-refractivity contribution in [3.05, 3.63) is 23.2 Å². The Labute approximate surface area is 106 Å². The molecule has 0 aliphatic carbocycles. The average molecular weight is 262 g/mol. The first-order chi connectivity index (χ1) is 7.66. The normalized spacial score (nSPS) is 16.5. The van der Waals surface area contributed by atoms with E-state index in [2.05, 4.69) is 4.90 Å². The second-order valence-electron chi connectivity index (χ2n) is 3.92. The van der Waals surface area contributed by atoms with Gasteiger partial charge < -0.3 is 14.3 Å². The Morgan fingerprint density at radius 3 is 2.65 bits per heavy atom. The van der Waals surface area contributed by atoms with Gasteiger partial charge in [-0.3, -0.25) is 4.90 Å². The lowest BCUT2D eigenvalue weighted by Crippen LogP contribution is -2.35. The molecule has 0 saturated carbocycles. The number of carbonyl (C=O) groups is 1. The van der Waals surface area contributed by atoms with Gasteiger partial charge in [0, 0.05) is 18.7 Å². The molecule has 0 unspecified atom stereocenters. The quantitative estimate of drug-likeness (QED) is 0.894. The van der Waals surface area contributed by atoms with Crippen LogP contribution in [0.15, 0.2) is 10.5 Å². The van der Waals surface area contributed by atoms with Crippen LogP contribution in [0.1, 0.15) is 21.9 Å². The van der Waals surface area contributed by atoms with Crippen molar-refractivity contribution in [1.29, 1.82) is 0 Å². The highest BCUT2D eigenvalue weighted by atomic mass is 35.5. The van der Waals surface area contributed by atoms with Gasteiger partial charge in [0.15, 0.2) is 0 Å². The smallest absolute Gasteiger partial charge is 0.372 e. The van der Waals surface area contributed by atoms with Crippen molar-refractivity contribution >= 4 is 18.4 Å². The standard InChI is InChI=1S/C11H15NO4.ClH/c1-8-6-9(16-10(8)11(13)14)7-12-2-4-15-5-3-12;/h6H,2-5,7H2,1H3,(H,13,14);1H. The fourth-order valence-corrected chi connectivity index (χ4v) is 1.82. The van der Waals surface area contributed by atoms with Crippen LogP contribution in [0.5, 0.6) is 0 Å². The van der Waals surface area contributed by atoms with E-state index in [1.807, 2.05) is 0 Å². The van der Waals surface area contributed by atoms with Crippen LogP contribution in [0.3, 0.4) is 0 Å². The Morgan fingerprint density at radius 2 is 2.12 bits per heavy atom. The third kappa shape index (κ3) is 3.46. The van der Waals surface area contributed by atoms with Gasteiger partial charge in [-0.15, -0.1) is 12.4 Å².